The van der Waals surface area contributed by atoms with Crippen molar-refractivity contribution in [3.8, 4) is 0 Å². The molecule has 0 aliphatic heterocycles. The first-order valence-electron chi connectivity index (χ1n) is 9.63. The van der Waals surface area contributed by atoms with Gasteiger partial charge in [-0.3, -0.25) is 0 Å². The molecular weight excluding hydrogens is 274 g/mol. The van der Waals surface area contributed by atoms with Crippen LogP contribution in [-0.4, -0.2) is 28.5 Å². The van der Waals surface area contributed by atoms with Crippen LogP contribution in [0.2, 0.25) is 0 Å². The third kappa shape index (κ3) is 12.4. The average Bonchev–Trinajstić information content (AvgIpc) is 2.50. The molecule has 0 heterocycles. The number of hydrogen-bond acceptors (Lipinski definition) is 3. The van der Waals surface area contributed by atoms with E-state index < -0.39 is 11.6 Å². The first-order chi connectivity index (χ1) is 10.5. The second-order valence-electron chi connectivity index (χ2n) is 7.14. The Morgan fingerprint density at radius 3 is 1.50 bits per heavy atom. The van der Waals surface area contributed by atoms with E-state index in [0.29, 0.717) is 6.42 Å². The maximum atomic E-state index is 10.1. The molecule has 0 spiro atoms. The van der Waals surface area contributed by atoms with E-state index in [-0.39, 0.29) is 6.61 Å². The summed E-state index contributed by atoms with van der Waals surface area (Å²) in [7, 11) is 0. The van der Waals surface area contributed by atoms with Crippen LogP contribution in [0, 0.1) is 0 Å². The van der Waals surface area contributed by atoms with Crippen LogP contribution in [-0.2, 0) is 0 Å². The Morgan fingerprint density at radius 2 is 1.14 bits per heavy atom. The summed E-state index contributed by atoms with van der Waals surface area (Å²) in [6, 6.07) is -0.523. The summed E-state index contributed by atoms with van der Waals surface area (Å²) < 4.78 is 0. The molecule has 0 saturated carbocycles. The van der Waals surface area contributed by atoms with Crippen LogP contribution in [0.15, 0.2) is 0 Å². The molecule has 0 amide bonds. The molecule has 134 valence electrons. The van der Waals surface area contributed by atoms with E-state index >= 15 is 0 Å². The normalized spacial score (nSPS) is 15.7. The van der Waals surface area contributed by atoms with Crippen molar-refractivity contribution in [3.05, 3.63) is 0 Å². The Hall–Kier alpha value is -0.120. The lowest BCUT2D eigenvalue weighted by molar-refractivity contribution is 0.00357. The molecule has 0 fully saturated rings. The quantitative estimate of drug-likeness (QED) is 0.366. The van der Waals surface area contributed by atoms with Crippen molar-refractivity contribution in [1.82, 2.24) is 0 Å². The van der Waals surface area contributed by atoms with Crippen molar-refractivity contribution in [1.29, 1.82) is 0 Å². The minimum Gasteiger partial charge on any atom is -0.395 e. The Balaban J connectivity index is 3.24. The molecule has 3 nitrogen and oxygen atoms in total. The summed E-state index contributed by atoms with van der Waals surface area (Å²) in [5, 5.41) is 19.1. The van der Waals surface area contributed by atoms with Gasteiger partial charge in [-0.1, -0.05) is 90.4 Å². The molecule has 0 saturated heterocycles. The van der Waals surface area contributed by atoms with Gasteiger partial charge < -0.3 is 15.9 Å². The summed E-state index contributed by atoms with van der Waals surface area (Å²) in [6.07, 6.45) is 17.9. The van der Waals surface area contributed by atoms with Crippen LogP contribution in [0.1, 0.15) is 104 Å². The van der Waals surface area contributed by atoms with Gasteiger partial charge in [0.2, 0.25) is 0 Å². The van der Waals surface area contributed by atoms with Crippen molar-refractivity contribution >= 4 is 0 Å². The molecule has 2 atom stereocenters. The van der Waals surface area contributed by atoms with Gasteiger partial charge in [0.25, 0.3) is 0 Å². The summed E-state index contributed by atoms with van der Waals surface area (Å²) in [5.74, 6) is 0. The highest BCUT2D eigenvalue weighted by molar-refractivity contribution is 4.84. The van der Waals surface area contributed by atoms with Gasteiger partial charge in [0.05, 0.1) is 18.2 Å². The molecular formula is C19H41NO2. The maximum absolute atomic E-state index is 10.1. The van der Waals surface area contributed by atoms with Gasteiger partial charge in [-0.15, -0.1) is 0 Å². The van der Waals surface area contributed by atoms with Crippen molar-refractivity contribution in [2.24, 2.45) is 5.73 Å². The van der Waals surface area contributed by atoms with Crippen molar-refractivity contribution in [3.63, 3.8) is 0 Å². The average molecular weight is 316 g/mol. The second-order valence-corrected chi connectivity index (χ2v) is 7.14. The number of aliphatic hydroxyl groups is 2. The lowest BCUT2D eigenvalue weighted by Gasteiger charge is -2.28. The molecule has 0 bridgehead atoms. The highest BCUT2D eigenvalue weighted by atomic mass is 16.3. The first kappa shape index (κ1) is 21.9. The van der Waals surface area contributed by atoms with Crippen molar-refractivity contribution in [2.45, 2.75) is 115 Å². The topological polar surface area (TPSA) is 66.5 Å². The smallest absolute Gasteiger partial charge is 0.0792 e. The zero-order valence-electron chi connectivity index (χ0n) is 15.2. The molecule has 0 aliphatic carbocycles. The molecule has 0 aliphatic rings. The molecule has 4 N–H and O–H groups in total. The number of unbranched alkanes of at least 4 members (excludes halogenated alkanes) is 12. The summed E-state index contributed by atoms with van der Waals surface area (Å²) in [4.78, 5) is 0. The minimum atomic E-state index is -0.924. The molecule has 0 radical (unpaired) electrons. The van der Waals surface area contributed by atoms with E-state index in [9.17, 15) is 5.11 Å². The van der Waals surface area contributed by atoms with E-state index in [0.717, 1.165) is 12.8 Å². The van der Waals surface area contributed by atoms with E-state index in [2.05, 4.69) is 6.92 Å². The van der Waals surface area contributed by atoms with Crippen molar-refractivity contribution in [2.75, 3.05) is 6.61 Å². The standard InChI is InChI=1S/C19H41NO2/c1-3-4-5-6-7-8-9-10-11-12-13-14-15-16-19(2,22)18(20)17-21/h18,21-22H,3-17,20H2,1-2H3/t18-,19?/m0/s1. The molecule has 0 aromatic carbocycles. The number of hydrogen-bond donors (Lipinski definition) is 3. The van der Waals surface area contributed by atoms with E-state index in [4.69, 9.17) is 10.8 Å². The van der Waals surface area contributed by atoms with Gasteiger partial charge in [-0.05, 0) is 13.3 Å². The molecule has 0 aromatic rings. The van der Waals surface area contributed by atoms with Gasteiger partial charge in [0.15, 0.2) is 0 Å². The van der Waals surface area contributed by atoms with Crippen LogP contribution in [0.25, 0.3) is 0 Å². The fourth-order valence-corrected chi connectivity index (χ4v) is 2.88. The fourth-order valence-electron chi connectivity index (χ4n) is 2.88. The van der Waals surface area contributed by atoms with Crippen LogP contribution in [0.3, 0.4) is 0 Å². The van der Waals surface area contributed by atoms with Crippen LogP contribution in [0.5, 0.6) is 0 Å². The Kier molecular flexibility index (Phi) is 14.4. The Bertz CT molecular complexity index is 231. The molecule has 0 rings (SSSR count). The lowest BCUT2D eigenvalue weighted by atomic mass is 9.91. The minimum absolute atomic E-state index is 0.147. The van der Waals surface area contributed by atoms with E-state index in [1.807, 2.05) is 0 Å². The molecule has 0 aromatic heterocycles. The maximum Gasteiger partial charge on any atom is 0.0792 e. The zero-order valence-corrected chi connectivity index (χ0v) is 15.2. The Morgan fingerprint density at radius 1 is 0.773 bits per heavy atom. The van der Waals surface area contributed by atoms with E-state index in [1.54, 1.807) is 6.92 Å². The SMILES string of the molecule is CCCCCCCCCCCCCCCC(C)(O)[C@@H](N)CO. The largest absolute Gasteiger partial charge is 0.395 e. The Labute approximate surface area is 138 Å². The van der Waals surface area contributed by atoms with Crippen molar-refractivity contribution < 1.29 is 10.2 Å². The number of aliphatic hydroxyl groups excluding tert-OH is 1. The number of rotatable bonds is 16. The highest BCUT2D eigenvalue weighted by Crippen LogP contribution is 2.19. The van der Waals surface area contributed by atoms with Gasteiger partial charge in [0, 0.05) is 0 Å². The predicted octanol–water partition coefficient (Wildman–Crippen LogP) is 4.54. The molecule has 22 heavy (non-hydrogen) atoms. The van der Waals surface area contributed by atoms with Gasteiger partial charge in [0.1, 0.15) is 0 Å². The van der Waals surface area contributed by atoms with Gasteiger partial charge in [-0.2, -0.15) is 0 Å². The van der Waals surface area contributed by atoms with Crippen LogP contribution < -0.4 is 5.73 Å². The second kappa shape index (κ2) is 14.5. The summed E-state index contributed by atoms with van der Waals surface area (Å²) in [5.41, 5.74) is 4.77. The third-order valence-electron chi connectivity index (χ3n) is 4.78. The third-order valence-corrected chi connectivity index (χ3v) is 4.78. The molecule has 1 unspecified atom stereocenters. The van der Waals surface area contributed by atoms with Gasteiger partial charge >= 0.3 is 0 Å². The van der Waals surface area contributed by atoms with Crippen LogP contribution >= 0.6 is 0 Å². The summed E-state index contributed by atoms with van der Waals surface area (Å²) in [6.45, 7) is 3.85. The molecule has 3 heteroatoms. The van der Waals surface area contributed by atoms with E-state index in [1.165, 1.54) is 70.6 Å². The monoisotopic (exact) mass is 315 g/mol. The summed E-state index contributed by atoms with van der Waals surface area (Å²) >= 11 is 0. The van der Waals surface area contributed by atoms with Gasteiger partial charge in [-0.25, -0.2) is 0 Å². The number of nitrogens with two attached hydrogens (primary N) is 1. The highest BCUT2D eigenvalue weighted by Gasteiger charge is 2.27. The zero-order chi connectivity index (χ0) is 16.7. The predicted molar refractivity (Wildman–Crippen MR) is 96.0 cm³/mol. The van der Waals surface area contributed by atoms with Crippen LogP contribution in [0.4, 0.5) is 0 Å². The lowest BCUT2D eigenvalue weighted by Crippen LogP contribution is -2.47. The fraction of sp³-hybridized carbons (Fsp3) is 1.00. The first-order valence-corrected chi connectivity index (χ1v) is 9.63.